The number of benzene rings is 6. The van der Waals surface area contributed by atoms with Crippen LogP contribution in [0.4, 0.5) is 0 Å². The van der Waals surface area contributed by atoms with Crippen molar-refractivity contribution in [3.05, 3.63) is 182 Å². The highest BCUT2D eigenvalue weighted by atomic mass is 15.0. The molecule has 0 unspecified atom stereocenters. The number of pyridine rings is 1. The molecule has 0 aliphatic rings. The number of rotatable bonds is 6. The lowest BCUT2D eigenvalue weighted by Gasteiger charge is -2.12. The number of para-hydroxylation sites is 2. The Hall–Kier alpha value is -6.65. The molecule has 0 saturated carbocycles. The normalized spacial score (nSPS) is 11.3. The van der Waals surface area contributed by atoms with Crippen LogP contribution in [0.15, 0.2) is 182 Å². The van der Waals surface area contributed by atoms with Crippen molar-refractivity contribution in [1.82, 2.24) is 19.5 Å². The van der Waals surface area contributed by atoms with Gasteiger partial charge in [0.1, 0.15) is 0 Å². The Bertz CT molecular complexity index is 2570. The number of nitrogens with zero attached hydrogens (tertiary/aromatic N) is 4. The van der Waals surface area contributed by atoms with Crippen LogP contribution in [0.25, 0.3) is 83.6 Å². The molecule has 3 heterocycles. The summed E-state index contributed by atoms with van der Waals surface area (Å²) in [4.78, 5) is 14.5. The van der Waals surface area contributed by atoms with Crippen LogP contribution in [0.1, 0.15) is 0 Å². The molecule has 230 valence electrons. The zero-order chi connectivity index (χ0) is 32.6. The van der Waals surface area contributed by atoms with Crippen LogP contribution in [0, 0.1) is 0 Å². The van der Waals surface area contributed by atoms with E-state index >= 15 is 0 Å². The summed E-state index contributed by atoms with van der Waals surface area (Å²) in [5, 5.41) is 2.48. The van der Waals surface area contributed by atoms with E-state index in [1.165, 1.54) is 32.9 Å². The predicted octanol–water partition coefficient (Wildman–Crippen LogP) is 11.3. The van der Waals surface area contributed by atoms with Gasteiger partial charge in [0.2, 0.25) is 0 Å². The Morgan fingerprint density at radius 3 is 1.76 bits per heavy atom. The Balaban J connectivity index is 1.16. The van der Waals surface area contributed by atoms with Gasteiger partial charge in [0, 0.05) is 45.5 Å². The lowest BCUT2D eigenvalue weighted by Crippen LogP contribution is -1.96. The highest BCUT2D eigenvalue weighted by molar-refractivity contribution is 6.10. The van der Waals surface area contributed by atoms with E-state index < -0.39 is 0 Å². The molecule has 6 aromatic carbocycles. The van der Waals surface area contributed by atoms with E-state index in [1.807, 2.05) is 24.4 Å². The molecule has 0 amide bonds. The van der Waals surface area contributed by atoms with Crippen molar-refractivity contribution in [2.75, 3.05) is 0 Å². The fourth-order valence-electron chi connectivity index (χ4n) is 6.69. The van der Waals surface area contributed by atoms with E-state index in [-0.39, 0.29) is 0 Å². The molecule has 4 nitrogen and oxygen atoms in total. The zero-order valence-electron chi connectivity index (χ0n) is 26.6. The third-order valence-electron chi connectivity index (χ3n) is 9.11. The van der Waals surface area contributed by atoms with Crippen molar-refractivity contribution >= 4 is 21.8 Å². The van der Waals surface area contributed by atoms with Gasteiger partial charge in [-0.1, -0.05) is 121 Å². The third-order valence-corrected chi connectivity index (χ3v) is 9.11. The summed E-state index contributed by atoms with van der Waals surface area (Å²) in [7, 11) is 0. The lowest BCUT2D eigenvalue weighted by molar-refractivity contribution is 1.17. The molecule has 0 bridgehead atoms. The first kappa shape index (κ1) is 28.6. The molecule has 0 spiro atoms. The van der Waals surface area contributed by atoms with Crippen molar-refractivity contribution in [1.29, 1.82) is 0 Å². The minimum absolute atomic E-state index is 0.645. The number of hydrogen-bond donors (Lipinski definition) is 0. The average Bonchev–Trinajstić information content (AvgIpc) is 3.52. The summed E-state index contributed by atoms with van der Waals surface area (Å²) >= 11 is 0. The summed E-state index contributed by atoms with van der Waals surface area (Å²) in [6, 6.07) is 59.7. The quantitative estimate of drug-likeness (QED) is 0.184. The van der Waals surface area contributed by atoms with E-state index in [2.05, 4.69) is 161 Å². The standard InChI is InChI=1S/C45H30N4/c1-3-11-31(12-4-1)32-20-22-33(23-21-32)41-29-42(48-45(47-41)37-15-10-26-46-30-37)36-14-9-13-34(27-36)35-24-25-40-39-18-7-8-19-43(39)49(44(40)28-35)38-16-5-2-6-17-38/h1-30H. The third kappa shape index (κ3) is 5.35. The molecular formula is C45H30N4. The first-order valence-electron chi connectivity index (χ1n) is 16.4. The minimum Gasteiger partial charge on any atom is -0.309 e. The van der Waals surface area contributed by atoms with Crippen LogP contribution >= 0.6 is 0 Å². The summed E-state index contributed by atoms with van der Waals surface area (Å²) in [5.41, 5.74) is 12.8. The maximum Gasteiger partial charge on any atom is 0.161 e. The molecule has 0 saturated heterocycles. The molecule has 0 radical (unpaired) electrons. The molecule has 0 atom stereocenters. The zero-order valence-corrected chi connectivity index (χ0v) is 26.6. The van der Waals surface area contributed by atoms with Crippen molar-refractivity contribution in [3.8, 4) is 61.8 Å². The fraction of sp³-hybridized carbons (Fsp3) is 0. The number of aromatic nitrogens is 4. The van der Waals surface area contributed by atoms with Crippen LogP contribution < -0.4 is 0 Å². The van der Waals surface area contributed by atoms with E-state index in [4.69, 9.17) is 9.97 Å². The molecular weight excluding hydrogens is 597 g/mol. The SMILES string of the molecule is c1ccc(-c2ccc(-c3cc(-c4cccc(-c5ccc6c7ccccc7n(-c7ccccc7)c6c5)c4)nc(-c4cccnc4)n3)cc2)cc1. The van der Waals surface area contributed by atoms with Gasteiger partial charge in [-0.15, -0.1) is 0 Å². The van der Waals surface area contributed by atoms with Gasteiger partial charge in [-0.2, -0.15) is 0 Å². The van der Waals surface area contributed by atoms with Gasteiger partial charge in [-0.3, -0.25) is 4.98 Å². The fourth-order valence-corrected chi connectivity index (χ4v) is 6.69. The molecule has 49 heavy (non-hydrogen) atoms. The van der Waals surface area contributed by atoms with Crippen molar-refractivity contribution in [2.24, 2.45) is 0 Å². The molecule has 3 aromatic heterocycles. The average molecular weight is 627 g/mol. The molecule has 0 aliphatic heterocycles. The second-order valence-electron chi connectivity index (χ2n) is 12.1. The number of fused-ring (bicyclic) bond motifs is 3. The van der Waals surface area contributed by atoms with Gasteiger partial charge in [-0.05, 0) is 70.8 Å². The molecule has 9 rings (SSSR count). The van der Waals surface area contributed by atoms with E-state index in [0.717, 1.165) is 44.9 Å². The second-order valence-corrected chi connectivity index (χ2v) is 12.1. The highest BCUT2D eigenvalue weighted by Gasteiger charge is 2.15. The van der Waals surface area contributed by atoms with E-state index in [9.17, 15) is 0 Å². The van der Waals surface area contributed by atoms with Gasteiger partial charge in [-0.25, -0.2) is 9.97 Å². The second kappa shape index (κ2) is 12.2. The van der Waals surface area contributed by atoms with Crippen LogP contribution in [-0.2, 0) is 0 Å². The Labute approximate surface area is 284 Å². The molecule has 0 N–H and O–H groups in total. The largest absolute Gasteiger partial charge is 0.309 e. The van der Waals surface area contributed by atoms with Gasteiger partial charge in [0.15, 0.2) is 5.82 Å². The minimum atomic E-state index is 0.645. The van der Waals surface area contributed by atoms with Gasteiger partial charge in [0.05, 0.1) is 22.4 Å². The molecule has 9 aromatic rings. The lowest BCUT2D eigenvalue weighted by atomic mass is 9.99. The molecule has 0 fully saturated rings. The topological polar surface area (TPSA) is 43.6 Å². The van der Waals surface area contributed by atoms with Crippen molar-refractivity contribution < 1.29 is 0 Å². The molecule has 4 heteroatoms. The summed E-state index contributed by atoms with van der Waals surface area (Å²) in [5.74, 6) is 0.645. The summed E-state index contributed by atoms with van der Waals surface area (Å²) in [6.45, 7) is 0. The van der Waals surface area contributed by atoms with Gasteiger partial charge in [0.25, 0.3) is 0 Å². The smallest absolute Gasteiger partial charge is 0.161 e. The van der Waals surface area contributed by atoms with Crippen molar-refractivity contribution in [3.63, 3.8) is 0 Å². The first-order valence-corrected chi connectivity index (χ1v) is 16.4. The summed E-state index contributed by atoms with van der Waals surface area (Å²) in [6.07, 6.45) is 3.59. The Kier molecular flexibility index (Phi) is 7.10. The monoisotopic (exact) mass is 626 g/mol. The van der Waals surface area contributed by atoms with Crippen molar-refractivity contribution in [2.45, 2.75) is 0 Å². The molecule has 0 aliphatic carbocycles. The van der Waals surface area contributed by atoms with Crippen LogP contribution in [0.2, 0.25) is 0 Å². The number of hydrogen-bond acceptors (Lipinski definition) is 3. The van der Waals surface area contributed by atoms with Gasteiger partial charge >= 0.3 is 0 Å². The maximum absolute atomic E-state index is 5.08. The highest BCUT2D eigenvalue weighted by Crippen LogP contribution is 2.36. The van der Waals surface area contributed by atoms with Crippen LogP contribution in [-0.4, -0.2) is 19.5 Å². The first-order chi connectivity index (χ1) is 24.3. The summed E-state index contributed by atoms with van der Waals surface area (Å²) < 4.78 is 2.36. The Morgan fingerprint density at radius 1 is 0.367 bits per heavy atom. The predicted molar refractivity (Wildman–Crippen MR) is 201 cm³/mol. The van der Waals surface area contributed by atoms with E-state index in [1.54, 1.807) is 6.20 Å². The van der Waals surface area contributed by atoms with Crippen LogP contribution in [0.3, 0.4) is 0 Å². The van der Waals surface area contributed by atoms with E-state index in [0.29, 0.717) is 5.82 Å². The maximum atomic E-state index is 5.08. The Morgan fingerprint density at radius 2 is 0.959 bits per heavy atom. The van der Waals surface area contributed by atoms with Crippen LogP contribution in [0.5, 0.6) is 0 Å². The van der Waals surface area contributed by atoms with Gasteiger partial charge < -0.3 is 4.57 Å².